The third-order valence-corrected chi connectivity index (χ3v) is 6.35. The van der Waals surface area contributed by atoms with E-state index in [1.807, 2.05) is 6.07 Å². The van der Waals surface area contributed by atoms with Gasteiger partial charge in [-0.3, -0.25) is 9.69 Å². The van der Waals surface area contributed by atoms with Gasteiger partial charge in [0.25, 0.3) is 5.91 Å². The number of rotatable bonds is 7. The molecule has 2 aromatic rings. The molecular weight excluding hydrogens is 407 g/mol. The number of morpholine rings is 1. The summed E-state index contributed by atoms with van der Waals surface area (Å²) in [6.45, 7) is 3.63. The number of para-hydroxylation sites is 1. The average Bonchev–Trinajstić information content (AvgIpc) is 2.82. The smallest absolute Gasteiger partial charge is 0.293 e. The molecule has 0 unspecified atom stereocenters. The van der Waals surface area contributed by atoms with E-state index in [1.165, 1.54) is 11.6 Å². The summed E-state index contributed by atoms with van der Waals surface area (Å²) >= 11 is 0. The summed E-state index contributed by atoms with van der Waals surface area (Å²) in [5.41, 5.74) is 1.14. The van der Waals surface area contributed by atoms with E-state index in [2.05, 4.69) is 29.2 Å². The van der Waals surface area contributed by atoms with E-state index in [1.54, 1.807) is 36.3 Å². The zero-order valence-electron chi connectivity index (χ0n) is 18.6. The maximum Gasteiger partial charge on any atom is 0.293 e. The van der Waals surface area contributed by atoms with E-state index in [4.69, 9.17) is 9.47 Å². The van der Waals surface area contributed by atoms with Crippen LogP contribution < -0.4 is 4.90 Å². The molecule has 2 aliphatic rings. The second-order valence-corrected chi connectivity index (χ2v) is 8.55. The van der Waals surface area contributed by atoms with Crippen LogP contribution in [0.4, 0.5) is 10.1 Å². The minimum atomic E-state index is -0.502. The zero-order chi connectivity index (χ0) is 22.4. The van der Waals surface area contributed by atoms with Crippen LogP contribution in [0, 0.1) is 5.82 Å². The van der Waals surface area contributed by atoms with Crippen LogP contribution in [-0.2, 0) is 20.7 Å². The number of methoxy groups -OCH3 is 1. The molecule has 0 atom stereocenters. The minimum Gasteiger partial charge on any atom is -0.480 e. The first-order valence-corrected chi connectivity index (χ1v) is 11.3. The van der Waals surface area contributed by atoms with Crippen LogP contribution >= 0.6 is 0 Å². The predicted octanol–water partition coefficient (Wildman–Crippen LogP) is 4.19. The number of ether oxygens (including phenoxy) is 2. The van der Waals surface area contributed by atoms with E-state index >= 15 is 0 Å². The highest BCUT2D eigenvalue weighted by Gasteiger charge is 2.46. The first-order chi connectivity index (χ1) is 15.6. The van der Waals surface area contributed by atoms with Crippen molar-refractivity contribution in [2.75, 3.05) is 44.8 Å². The van der Waals surface area contributed by atoms with Crippen molar-refractivity contribution in [2.24, 2.45) is 0 Å². The van der Waals surface area contributed by atoms with Crippen LogP contribution in [0.3, 0.4) is 0 Å². The Morgan fingerprint density at radius 3 is 2.53 bits per heavy atom. The summed E-state index contributed by atoms with van der Waals surface area (Å²) < 4.78 is 26.0. The van der Waals surface area contributed by atoms with Gasteiger partial charge in [-0.05, 0) is 36.6 Å². The number of hydrogen-bond donors (Lipinski definition) is 0. The van der Waals surface area contributed by atoms with Gasteiger partial charge in [0.05, 0.1) is 12.2 Å². The first-order valence-electron chi connectivity index (χ1n) is 11.3. The van der Waals surface area contributed by atoms with Crippen LogP contribution in [-0.4, -0.2) is 56.3 Å². The average molecular weight is 439 g/mol. The molecule has 5 nitrogen and oxygen atoms in total. The van der Waals surface area contributed by atoms with Crippen LogP contribution in [0.15, 0.2) is 66.4 Å². The highest BCUT2D eigenvalue weighted by molar-refractivity contribution is 6.05. The number of halogens is 1. The maximum absolute atomic E-state index is 14.6. The van der Waals surface area contributed by atoms with Crippen molar-refractivity contribution in [3.8, 4) is 0 Å². The first kappa shape index (κ1) is 22.5. The third-order valence-electron chi connectivity index (χ3n) is 6.35. The van der Waals surface area contributed by atoms with Gasteiger partial charge >= 0.3 is 0 Å². The summed E-state index contributed by atoms with van der Waals surface area (Å²) in [6, 6.07) is 16.9. The second-order valence-electron chi connectivity index (χ2n) is 8.55. The van der Waals surface area contributed by atoms with Gasteiger partial charge in [0.2, 0.25) is 0 Å². The number of carbonyl (C=O) groups is 1. The maximum atomic E-state index is 14.6. The fraction of sp³-hybridized carbons (Fsp3) is 0.423. The number of anilines is 1. The van der Waals surface area contributed by atoms with Crippen LogP contribution in [0.2, 0.25) is 0 Å². The van der Waals surface area contributed by atoms with Crippen molar-refractivity contribution in [1.82, 2.24) is 4.90 Å². The van der Waals surface area contributed by atoms with Crippen LogP contribution in [0.5, 0.6) is 0 Å². The Bertz CT molecular complexity index is 939. The molecule has 4 rings (SSSR count). The summed E-state index contributed by atoms with van der Waals surface area (Å²) in [5, 5.41) is 0. The Morgan fingerprint density at radius 2 is 1.81 bits per heavy atom. The number of amides is 1. The Hall–Kier alpha value is -2.70. The van der Waals surface area contributed by atoms with E-state index in [9.17, 15) is 9.18 Å². The monoisotopic (exact) mass is 438 g/mol. The summed E-state index contributed by atoms with van der Waals surface area (Å²) in [4.78, 5) is 17.1. The highest BCUT2D eigenvalue weighted by Crippen LogP contribution is 2.37. The number of nitrogens with zero attached hydrogens (tertiary/aromatic N) is 2. The standard InChI is InChI=1S/C26H31FN2O3/c1-31-19-7-12-24-25(30)29(23-11-6-5-10-22(23)27)20-26(32-24)14-17-28(18-15-26)16-13-21-8-3-2-4-9-21/h2-6,8-12H,7,13-20H2,1H3/b24-12-. The normalized spacial score (nSPS) is 20.0. The SMILES string of the molecule is COCC/C=C1\OC2(CCN(CCc3ccccc3)CC2)CN(c2ccccc2F)C1=O. The summed E-state index contributed by atoms with van der Waals surface area (Å²) in [7, 11) is 1.63. The molecule has 1 amide bonds. The van der Waals surface area contributed by atoms with Crippen molar-refractivity contribution >= 4 is 11.6 Å². The zero-order valence-corrected chi connectivity index (χ0v) is 18.6. The van der Waals surface area contributed by atoms with E-state index in [0.717, 1.165) is 38.9 Å². The molecular formula is C26H31FN2O3. The molecule has 2 aliphatic heterocycles. The minimum absolute atomic E-state index is 0.289. The lowest BCUT2D eigenvalue weighted by Gasteiger charge is -2.47. The summed E-state index contributed by atoms with van der Waals surface area (Å²) in [5.74, 6) is -0.382. The number of piperidine rings is 1. The van der Waals surface area contributed by atoms with Crippen LogP contribution in [0.1, 0.15) is 24.8 Å². The Kier molecular flexibility index (Phi) is 7.22. The highest BCUT2D eigenvalue weighted by atomic mass is 19.1. The lowest BCUT2D eigenvalue weighted by atomic mass is 9.88. The van der Waals surface area contributed by atoms with Gasteiger partial charge in [0, 0.05) is 46.2 Å². The molecule has 2 aromatic carbocycles. The Morgan fingerprint density at radius 1 is 1.09 bits per heavy atom. The lowest BCUT2D eigenvalue weighted by molar-refractivity contribution is -0.131. The van der Waals surface area contributed by atoms with Gasteiger partial charge in [-0.2, -0.15) is 0 Å². The molecule has 0 aliphatic carbocycles. The largest absolute Gasteiger partial charge is 0.480 e. The fourth-order valence-corrected chi connectivity index (χ4v) is 4.48. The molecule has 6 heteroatoms. The quantitative estimate of drug-likeness (QED) is 0.480. The van der Waals surface area contributed by atoms with Crippen molar-refractivity contribution < 1.29 is 18.7 Å². The van der Waals surface area contributed by atoms with Gasteiger partial charge in [-0.15, -0.1) is 0 Å². The van der Waals surface area contributed by atoms with Gasteiger partial charge < -0.3 is 14.4 Å². The molecule has 2 heterocycles. The molecule has 0 N–H and O–H groups in total. The van der Waals surface area contributed by atoms with E-state index < -0.39 is 11.4 Å². The van der Waals surface area contributed by atoms with E-state index in [0.29, 0.717) is 31.0 Å². The fourth-order valence-electron chi connectivity index (χ4n) is 4.48. The molecule has 32 heavy (non-hydrogen) atoms. The Labute approximate surface area is 189 Å². The van der Waals surface area contributed by atoms with Crippen molar-refractivity contribution in [1.29, 1.82) is 0 Å². The Balaban J connectivity index is 1.48. The number of benzene rings is 2. The molecule has 0 bridgehead atoms. The van der Waals surface area contributed by atoms with Gasteiger partial charge in [-0.25, -0.2) is 4.39 Å². The van der Waals surface area contributed by atoms with Crippen molar-refractivity contribution in [2.45, 2.75) is 31.3 Å². The van der Waals surface area contributed by atoms with Gasteiger partial charge in [-0.1, -0.05) is 42.5 Å². The lowest BCUT2D eigenvalue weighted by Crippen LogP contribution is -2.58. The predicted molar refractivity (Wildman–Crippen MR) is 123 cm³/mol. The molecule has 0 radical (unpaired) electrons. The van der Waals surface area contributed by atoms with Gasteiger partial charge in [0.1, 0.15) is 11.4 Å². The van der Waals surface area contributed by atoms with Crippen molar-refractivity contribution in [3.63, 3.8) is 0 Å². The van der Waals surface area contributed by atoms with Crippen molar-refractivity contribution in [3.05, 3.63) is 77.8 Å². The summed E-state index contributed by atoms with van der Waals surface area (Å²) in [6.07, 6.45) is 4.95. The van der Waals surface area contributed by atoms with Gasteiger partial charge in [0.15, 0.2) is 5.76 Å². The third kappa shape index (κ3) is 5.19. The molecule has 170 valence electrons. The molecule has 0 aromatic heterocycles. The molecule has 2 fully saturated rings. The number of hydrogen-bond acceptors (Lipinski definition) is 4. The number of likely N-dealkylation sites (tertiary alicyclic amines) is 1. The molecule has 1 spiro atoms. The van der Waals surface area contributed by atoms with E-state index in [-0.39, 0.29) is 5.91 Å². The topological polar surface area (TPSA) is 42.0 Å². The number of carbonyl (C=O) groups excluding carboxylic acids is 1. The van der Waals surface area contributed by atoms with Crippen LogP contribution in [0.25, 0.3) is 0 Å². The molecule has 0 saturated carbocycles. The second kappa shape index (κ2) is 10.3. The molecule has 2 saturated heterocycles.